The van der Waals surface area contributed by atoms with E-state index in [1.165, 1.54) is 5.69 Å². The maximum absolute atomic E-state index is 9.58. The molecule has 5 heterocycles. The predicted octanol–water partition coefficient (Wildman–Crippen LogP) is 2.76. The maximum Gasteiger partial charge on any atom is 0.131 e. The van der Waals surface area contributed by atoms with Gasteiger partial charge in [0, 0.05) is 50.1 Å². The molecule has 0 radical (unpaired) electrons. The van der Waals surface area contributed by atoms with Crippen LogP contribution in [0.25, 0.3) is 22.3 Å². The summed E-state index contributed by atoms with van der Waals surface area (Å²) in [6.07, 6.45) is 5.68. The number of piperidine rings is 1. The Kier molecular flexibility index (Phi) is 5.50. The van der Waals surface area contributed by atoms with Crippen molar-refractivity contribution < 1.29 is 9.84 Å². The van der Waals surface area contributed by atoms with Crippen LogP contribution in [-0.4, -0.2) is 70.8 Å². The number of aromatic nitrogens is 4. The van der Waals surface area contributed by atoms with Crippen molar-refractivity contribution in [2.75, 3.05) is 49.3 Å². The number of nitrogens with zero attached hydrogens (tertiary/aromatic N) is 5. The molecule has 3 aromatic heterocycles. The van der Waals surface area contributed by atoms with Gasteiger partial charge in [-0.15, -0.1) is 0 Å². The number of ether oxygens (including phenoxy) is 1. The molecule has 2 saturated heterocycles. The van der Waals surface area contributed by atoms with E-state index in [0.29, 0.717) is 19.1 Å². The molecular weight excluding hydrogens is 392 g/mol. The standard InChI is InChI=1S/C23H30N6O2/c1-15-12-24-22(18-3-6-25-27-18)23-21(15)19(28-7-4-17(13-30)5-8-28)11-20(26-23)29-9-10-31-14-16(29)2/h3,6,11-12,16-17,30H,4-5,7-10,13-14H2,1-2H3,(H,25,27)/t16-/m1/s1. The molecule has 0 spiro atoms. The third kappa shape index (κ3) is 3.74. The van der Waals surface area contributed by atoms with E-state index in [2.05, 4.69) is 39.9 Å². The highest BCUT2D eigenvalue weighted by Crippen LogP contribution is 2.38. The van der Waals surface area contributed by atoms with Crippen LogP contribution in [-0.2, 0) is 4.74 Å². The minimum atomic E-state index is 0.264. The number of H-pyrrole nitrogens is 1. The lowest BCUT2D eigenvalue weighted by atomic mass is 9.96. The molecule has 0 aliphatic carbocycles. The van der Waals surface area contributed by atoms with Crippen LogP contribution in [0.2, 0.25) is 0 Å². The number of pyridine rings is 2. The number of rotatable bonds is 4. The summed E-state index contributed by atoms with van der Waals surface area (Å²) in [6.45, 7) is 8.67. The largest absolute Gasteiger partial charge is 0.396 e. The van der Waals surface area contributed by atoms with Gasteiger partial charge in [-0.25, -0.2) is 4.98 Å². The van der Waals surface area contributed by atoms with E-state index >= 15 is 0 Å². The summed E-state index contributed by atoms with van der Waals surface area (Å²) in [6, 6.07) is 4.45. The SMILES string of the molecule is Cc1cnc(-c2ccn[nH]2)c2nc(N3CCOC[C@H]3C)cc(N3CCC(CO)CC3)c12. The minimum Gasteiger partial charge on any atom is -0.396 e. The van der Waals surface area contributed by atoms with Gasteiger partial charge in [0.15, 0.2) is 0 Å². The Morgan fingerprint density at radius 3 is 2.81 bits per heavy atom. The molecule has 0 amide bonds. The molecule has 0 aromatic carbocycles. The average molecular weight is 423 g/mol. The molecule has 0 bridgehead atoms. The second kappa shape index (κ2) is 8.43. The second-order valence-corrected chi connectivity index (χ2v) is 8.71. The maximum atomic E-state index is 9.58. The highest BCUT2D eigenvalue weighted by atomic mass is 16.5. The van der Waals surface area contributed by atoms with Crippen LogP contribution in [0.5, 0.6) is 0 Å². The zero-order valence-electron chi connectivity index (χ0n) is 18.2. The van der Waals surface area contributed by atoms with E-state index < -0.39 is 0 Å². The summed E-state index contributed by atoms with van der Waals surface area (Å²) in [4.78, 5) is 14.7. The lowest BCUT2D eigenvalue weighted by molar-refractivity contribution is 0.0986. The first-order valence-electron chi connectivity index (χ1n) is 11.2. The summed E-state index contributed by atoms with van der Waals surface area (Å²) in [5.74, 6) is 1.36. The van der Waals surface area contributed by atoms with Crippen LogP contribution in [0.1, 0.15) is 25.3 Å². The average Bonchev–Trinajstić information content (AvgIpc) is 3.34. The molecular formula is C23H30N6O2. The third-order valence-electron chi connectivity index (χ3n) is 6.62. The summed E-state index contributed by atoms with van der Waals surface area (Å²) in [5, 5.41) is 17.9. The first-order valence-corrected chi connectivity index (χ1v) is 11.2. The van der Waals surface area contributed by atoms with E-state index in [1.807, 2.05) is 12.3 Å². The van der Waals surface area contributed by atoms with Gasteiger partial charge in [-0.3, -0.25) is 10.1 Å². The first kappa shape index (κ1) is 20.2. The van der Waals surface area contributed by atoms with Crippen LogP contribution in [0.4, 0.5) is 11.5 Å². The Labute approximate surface area is 182 Å². The quantitative estimate of drug-likeness (QED) is 0.668. The van der Waals surface area contributed by atoms with Crippen LogP contribution in [0.15, 0.2) is 24.5 Å². The smallest absolute Gasteiger partial charge is 0.131 e. The number of aromatic amines is 1. The van der Waals surface area contributed by atoms with E-state index in [-0.39, 0.29) is 12.6 Å². The Morgan fingerprint density at radius 1 is 1.26 bits per heavy atom. The number of hydrogen-bond acceptors (Lipinski definition) is 7. The number of nitrogens with one attached hydrogen (secondary N) is 1. The van der Waals surface area contributed by atoms with Crippen molar-refractivity contribution in [2.24, 2.45) is 5.92 Å². The number of hydrogen-bond donors (Lipinski definition) is 2. The molecule has 164 valence electrons. The van der Waals surface area contributed by atoms with Crippen molar-refractivity contribution >= 4 is 22.4 Å². The topological polar surface area (TPSA) is 90.4 Å². The van der Waals surface area contributed by atoms with E-state index in [0.717, 1.165) is 66.1 Å². The van der Waals surface area contributed by atoms with E-state index in [9.17, 15) is 5.11 Å². The van der Waals surface area contributed by atoms with Gasteiger partial charge in [0.25, 0.3) is 0 Å². The molecule has 8 heteroatoms. The van der Waals surface area contributed by atoms with Crippen molar-refractivity contribution in [1.29, 1.82) is 0 Å². The molecule has 1 atom stereocenters. The Bertz CT molecular complexity index is 1050. The van der Waals surface area contributed by atoms with Crippen molar-refractivity contribution in [1.82, 2.24) is 20.2 Å². The van der Waals surface area contributed by atoms with Crippen LogP contribution in [0.3, 0.4) is 0 Å². The minimum absolute atomic E-state index is 0.264. The predicted molar refractivity (Wildman–Crippen MR) is 122 cm³/mol. The van der Waals surface area contributed by atoms with Crippen molar-refractivity contribution in [2.45, 2.75) is 32.7 Å². The van der Waals surface area contributed by atoms with Gasteiger partial charge >= 0.3 is 0 Å². The van der Waals surface area contributed by atoms with Gasteiger partial charge in [-0.05, 0) is 44.2 Å². The molecule has 0 saturated carbocycles. The van der Waals surface area contributed by atoms with E-state index in [4.69, 9.17) is 14.7 Å². The fourth-order valence-corrected chi connectivity index (χ4v) is 4.77. The van der Waals surface area contributed by atoms with Crippen LogP contribution < -0.4 is 9.80 Å². The van der Waals surface area contributed by atoms with Gasteiger partial charge in [-0.2, -0.15) is 5.10 Å². The molecule has 2 N–H and O–H groups in total. The Morgan fingerprint density at radius 2 is 2.10 bits per heavy atom. The number of fused-ring (bicyclic) bond motifs is 1. The molecule has 2 fully saturated rings. The summed E-state index contributed by atoms with van der Waals surface area (Å²) < 4.78 is 5.66. The Balaban J connectivity index is 1.69. The molecule has 8 nitrogen and oxygen atoms in total. The van der Waals surface area contributed by atoms with Crippen molar-refractivity contribution in [3.63, 3.8) is 0 Å². The Hall–Kier alpha value is -2.71. The van der Waals surface area contributed by atoms with Gasteiger partial charge in [-0.1, -0.05) is 0 Å². The molecule has 3 aromatic rings. The van der Waals surface area contributed by atoms with Crippen LogP contribution in [0, 0.1) is 12.8 Å². The normalized spacial score (nSPS) is 20.5. The molecule has 31 heavy (non-hydrogen) atoms. The summed E-state index contributed by atoms with van der Waals surface area (Å²) in [5.41, 5.74) is 4.92. The number of aliphatic hydroxyl groups is 1. The number of aryl methyl sites for hydroxylation is 1. The third-order valence-corrected chi connectivity index (χ3v) is 6.62. The number of anilines is 2. The molecule has 2 aliphatic rings. The fourth-order valence-electron chi connectivity index (χ4n) is 4.77. The fraction of sp³-hybridized carbons (Fsp3) is 0.522. The second-order valence-electron chi connectivity index (χ2n) is 8.71. The number of morpholine rings is 1. The zero-order chi connectivity index (χ0) is 21.4. The lowest BCUT2D eigenvalue weighted by Gasteiger charge is -2.37. The van der Waals surface area contributed by atoms with Crippen molar-refractivity contribution in [3.05, 3.63) is 30.1 Å². The summed E-state index contributed by atoms with van der Waals surface area (Å²) in [7, 11) is 0. The zero-order valence-corrected chi connectivity index (χ0v) is 18.2. The lowest BCUT2D eigenvalue weighted by Crippen LogP contribution is -2.44. The highest BCUT2D eigenvalue weighted by Gasteiger charge is 2.26. The molecule has 2 aliphatic heterocycles. The monoisotopic (exact) mass is 422 g/mol. The van der Waals surface area contributed by atoms with Gasteiger partial charge in [0.1, 0.15) is 17.0 Å². The van der Waals surface area contributed by atoms with Crippen molar-refractivity contribution in [3.8, 4) is 11.4 Å². The van der Waals surface area contributed by atoms with Crippen LogP contribution >= 0.6 is 0 Å². The first-order chi connectivity index (χ1) is 15.2. The summed E-state index contributed by atoms with van der Waals surface area (Å²) >= 11 is 0. The highest BCUT2D eigenvalue weighted by molar-refractivity contribution is 6.02. The molecule has 5 rings (SSSR count). The van der Waals surface area contributed by atoms with E-state index in [1.54, 1.807) is 6.20 Å². The van der Waals surface area contributed by atoms with Gasteiger partial charge < -0.3 is 19.6 Å². The number of aliphatic hydroxyl groups excluding tert-OH is 1. The van der Waals surface area contributed by atoms with Gasteiger partial charge in [0.2, 0.25) is 0 Å². The molecule has 0 unspecified atom stereocenters. The van der Waals surface area contributed by atoms with Gasteiger partial charge in [0.05, 0.1) is 30.6 Å².